The molecule has 2 aromatic heterocycles. The zero-order valence-corrected chi connectivity index (χ0v) is 11.9. The molecule has 2 heterocycles. The Hall–Kier alpha value is -2.08. The summed E-state index contributed by atoms with van der Waals surface area (Å²) in [5.41, 5.74) is 2.18. The number of pyridine rings is 1. The molecule has 3 rings (SSSR count). The zero-order chi connectivity index (χ0) is 13.8. The molecule has 0 atom stereocenters. The molecule has 0 spiro atoms. The third-order valence-corrected chi connectivity index (χ3v) is 3.83. The van der Waals surface area contributed by atoms with Crippen molar-refractivity contribution in [2.75, 3.05) is 11.9 Å². The molecule has 0 aliphatic rings. The Balaban J connectivity index is 1.92. The Kier molecular flexibility index (Phi) is 3.83. The molecule has 0 aliphatic heterocycles. The van der Waals surface area contributed by atoms with Gasteiger partial charge in [-0.2, -0.15) is 5.10 Å². The molecule has 2 N–H and O–H groups in total. The highest BCUT2D eigenvalue weighted by Crippen LogP contribution is 2.26. The van der Waals surface area contributed by atoms with E-state index in [1.165, 1.54) is 11.9 Å². The van der Waals surface area contributed by atoms with Crippen molar-refractivity contribution in [3.63, 3.8) is 0 Å². The molecule has 0 bridgehead atoms. The van der Waals surface area contributed by atoms with Gasteiger partial charge in [0.05, 0.1) is 5.52 Å². The zero-order valence-electron chi connectivity index (χ0n) is 11.1. The summed E-state index contributed by atoms with van der Waals surface area (Å²) in [7, 11) is 0. The number of thioether (sulfide) groups is 1. The standard InChI is InChI=1S/C14H15N5S/c1-2-15-13-11(8-20-14-16-9-17-19-14)7-10-5-3-4-6-12(10)18-13/h3-7,9H,2,8H2,1H3,(H,15,18)(H,16,17,19). The molecular formula is C14H15N5S. The minimum absolute atomic E-state index is 0.801. The number of aromatic amines is 1. The summed E-state index contributed by atoms with van der Waals surface area (Å²) < 4.78 is 0. The van der Waals surface area contributed by atoms with Gasteiger partial charge < -0.3 is 5.32 Å². The molecular weight excluding hydrogens is 270 g/mol. The van der Waals surface area contributed by atoms with Gasteiger partial charge in [-0.15, -0.1) is 0 Å². The van der Waals surface area contributed by atoms with Crippen molar-refractivity contribution in [3.8, 4) is 0 Å². The molecule has 5 nitrogen and oxygen atoms in total. The molecule has 0 radical (unpaired) electrons. The van der Waals surface area contributed by atoms with Gasteiger partial charge in [0, 0.05) is 23.2 Å². The largest absolute Gasteiger partial charge is 0.370 e. The van der Waals surface area contributed by atoms with E-state index in [2.05, 4.69) is 39.6 Å². The highest BCUT2D eigenvalue weighted by atomic mass is 32.2. The van der Waals surface area contributed by atoms with Crippen LogP contribution in [0.25, 0.3) is 10.9 Å². The number of nitrogens with one attached hydrogen (secondary N) is 2. The van der Waals surface area contributed by atoms with Crippen molar-refractivity contribution >= 4 is 28.5 Å². The lowest BCUT2D eigenvalue weighted by Crippen LogP contribution is -2.03. The van der Waals surface area contributed by atoms with E-state index < -0.39 is 0 Å². The summed E-state index contributed by atoms with van der Waals surface area (Å²) in [6, 6.07) is 10.3. The maximum absolute atomic E-state index is 4.69. The third-order valence-electron chi connectivity index (χ3n) is 2.90. The van der Waals surface area contributed by atoms with Crippen LogP contribution in [-0.2, 0) is 5.75 Å². The quantitative estimate of drug-likeness (QED) is 0.705. The Labute approximate surface area is 121 Å². The molecule has 0 saturated carbocycles. The second-order valence-electron chi connectivity index (χ2n) is 4.30. The summed E-state index contributed by atoms with van der Waals surface area (Å²) >= 11 is 1.62. The molecule has 6 heteroatoms. The van der Waals surface area contributed by atoms with Crippen molar-refractivity contribution in [1.82, 2.24) is 20.2 Å². The van der Waals surface area contributed by atoms with E-state index in [4.69, 9.17) is 4.98 Å². The van der Waals surface area contributed by atoms with Crippen molar-refractivity contribution < 1.29 is 0 Å². The second kappa shape index (κ2) is 5.92. The fraction of sp³-hybridized carbons (Fsp3) is 0.214. The third kappa shape index (κ3) is 2.75. The summed E-state index contributed by atoms with van der Waals surface area (Å²) in [5, 5.41) is 12.0. The minimum atomic E-state index is 0.801. The Morgan fingerprint density at radius 1 is 1.30 bits per heavy atom. The number of hydrogen-bond donors (Lipinski definition) is 2. The van der Waals surface area contributed by atoms with Gasteiger partial charge in [0.15, 0.2) is 5.16 Å². The lowest BCUT2D eigenvalue weighted by molar-refractivity contribution is 0.972. The average Bonchev–Trinajstić information content (AvgIpc) is 2.98. The summed E-state index contributed by atoms with van der Waals surface area (Å²) in [5.74, 6) is 1.74. The first-order valence-corrected chi connectivity index (χ1v) is 7.46. The number of rotatable bonds is 5. The van der Waals surface area contributed by atoms with E-state index in [0.717, 1.165) is 34.2 Å². The van der Waals surface area contributed by atoms with E-state index >= 15 is 0 Å². The van der Waals surface area contributed by atoms with Crippen LogP contribution in [0.4, 0.5) is 5.82 Å². The van der Waals surface area contributed by atoms with Gasteiger partial charge in [-0.1, -0.05) is 30.0 Å². The number of nitrogens with zero attached hydrogens (tertiary/aromatic N) is 3. The van der Waals surface area contributed by atoms with Crippen molar-refractivity contribution in [2.24, 2.45) is 0 Å². The number of benzene rings is 1. The van der Waals surface area contributed by atoms with E-state index in [9.17, 15) is 0 Å². The van der Waals surface area contributed by atoms with Gasteiger partial charge in [0.2, 0.25) is 0 Å². The Morgan fingerprint density at radius 2 is 2.20 bits per heavy atom. The van der Waals surface area contributed by atoms with Crippen LogP contribution in [0.1, 0.15) is 12.5 Å². The lowest BCUT2D eigenvalue weighted by atomic mass is 10.1. The molecule has 0 amide bonds. The first-order valence-electron chi connectivity index (χ1n) is 6.47. The number of para-hydroxylation sites is 1. The monoisotopic (exact) mass is 285 g/mol. The predicted octanol–water partition coefficient (Wildman–Crippen LogP) is 3.08. The Bertz CT molecular complexity index is 696. The van der Waals surface area contributed by atoms with E-state index in [1.54, 1.807) is 11.8 Å². The van der Waals surface area contributed by atoms with Gasteiger partial charge in [-0.05, 0) is 19.1 Å². The predicted molar refractivity (Wildman–Crippen MR) is 81.9 cm³/mol. The van der Waals surface area contributed by atoms with Crippen LogP contribution < -0.4 is 5.32 Å². The highest BCUT2D eigenvalue weighted by Gasteiger charge is 2.07. The number of H-pyrrole nitrogens is 1. The van der Waals surface area contributed by atoms with Crippen LogP contribution in [0.15, 0.2) is 41.8 Å². The molecule has 1 aromatic carbocycles. The molecule has 3 aromatic rings. The maximum atomic E-state index is 4.69. The van der Waals surface area contributed by atoms with Gasteiger partial charge in [-0.25, -0.2) is 9.97 Å². The van der Waals surface area contributed by atoms with Crippen LogP contribution >= 0.6 is 11.8 Å². The number of fused-ring (bicyclic) bond motifs is 1. The van der Waals surface area contributed by atoms with Gasteiger partial charge in [0.1, 0.15) is 12.1 Å². The fourth-order valence-electron chi connectivity index (χ4n) is 2.00. The molecule has 0 aliphatic carbocycles. The summed E-state index contributed by atoms with van der Waals surface area (Å²) in [4.78, 5) is 8.82. The lowest BCUT2D eigenvalue weighted by Gasteiger charge is -2.10. The van der Waals surface area contributed by atoms with Crippen molar-refractivity contribution in [2.45, 2.75) is 17.8 Å². The molecule has 0 saturated heterocycles. The van der Waals surface area contributed by atoms with E-state index in [-0.39, 0.29) is 0 Å². The summed E-state index contributed by atoms with van der Waals surface area (Å²) in [6.07, 6.45) is 1.52. The molecule has 0 unspecified atom stereocenters. The topological polar surface area (TPSA) is 66.5 Å². The maximum Gasteiger partial charge on any atom is 0.183 e. The van der Waals surface area contributed by atoms with Crippen LogP contribution in [0, 0.1) is 0 Å². The van der Waals surface area contributed by atoms with E-state index in [0.29, 0.717) is 0 Å². The first kappa shape index (κ1) is 12.9. The van der Waals surface area contributed by atoms with Gasteiger partial charge in [0.25, 0.3) is 0 Å². The van der Waals surface area contributed by atoms with Gasteiger partial charge >= 0.3 is 0 Å². The minimum Gasteiger partial charge on any atom is -0.370 e. The first-order chi connectivity index (χ1) is 9.86. The molecule has 102 valence electrons. The normalized spacial score (nSPS) is 10.8. The van der Waals surface area contributed by atoms with Crippen molar-refractivity contribution in [3.05, 3.63) is 42.2 Å². The smallest absolute Gasteiger partial charge is 0.183 e. The van der Waals surface area contributed by atoms with Crippen molar-refractivity contribution in [1.29, 1.82) is 0 Å². The van der Waals surface area contributed by atoms with Crippen LogP contribution in [0.5, 0.6) is 0 Å². The van der Waals surface area contributed by atoms with Crippen LogP contribution in [0.2, 0.25) is 0 Å². The molecule has 20 heavy (non-hydrogen) atoms. The number of aromatic nitrogens is 4. The van der Waals surface area contributed by atoms with Gasteiger partial charge in [-0.3, -0.25) is 5.10 Å². The average molecular weight is 285 g/mol. The summed E-state index contributed by atoms with van der Waals surface area (Å²) in [6.45, 7) is 2.93. The van der Waals surface area contributed by atoms with E-state index in [1.807, 2.05) is 18.2 Å². The molecule has 0 fully saturated rings. The SMILES string of the molecule is CCNc1nc2ccccc2cc1CSc1ncn[nH]1. The number of hydrogen-bond acceptors (Lipinski definition) is 5. The number of anilines is 1. The highest BCUT2D eigenvalue weighted by molar-refractivity contribution is 7.98. The van der Waals surface area contributed by atoms with Crippen LogP contribution in [-0.4, -0.2) is 26.7 Å². The fourth-order valence-corrected chi connectivity index (χ4v) is 2.75. The Morgan fingerprint density at radius 3 is 3.00 bits per heavy atom. The second-order valence-corrected chi connectivity index (χ2v) is 5.26. The van der Waals surface area contributed by atoms with Crippen LogP contribution in [0.3, 0.4) is 0 Å².